The Balaban J connectivity index is 0.000000467. The molecule has 1 aromatic rings. The zero-order valence-electron chi connectivity index (χ0n) is 16.0. The van der Waals surface area contributed by atoms with Gasteiger partial charge in [0.25, 0.3) is 0 Å². The Morgan fingerprint density at radius 1 is 1.03 bits per heavy atom. The van der Waals surface area contributed by atoms with Gasteiger partial charge >= 0.3 is 23.9 Å². The van der Waals surface area contributed by atoms with Crippen molar-refractivity contribution in [2.45, 2.75) is 0 Å². The van der Waals surface area contributed by atoms with Gasteiger partial charge in [-0.1, -0.05) is 95.0 Å². The normalized spacial score (nSPS) is 14.5. The number of benzene rings is 1. The molecule has 30 heavy (non-hydrogen) atoms. The molecule has 0 saturated heterocycles. The molecule has 2 aliphatic rings. The molecule has 2 N–H and O–H groups in total. The zero-order chi connectivity index (χ0) is 21.6. The number of amidine groups is 1. The Bertz CT molecular complexity index is 883. The van der Waals surface area contributed by atoms with E-state index in [9.17, 15) is 5.11 Å². The molecule has 0 bridgehead atoms. The molecule has 0 heterocycles. The molecule has 0 spiro atoms. The largest absolute Gasteiger partial charge is 2.00 e. The van der Waals surface area contributed by atoms with Gasteiger partial charge in [-0.15, -0.1) is 0 Å². The van der Waals surface area contributed by atoms with Gasteiger partial charge in [-0.3, -0.25) is 0 Å². The monoisotopic (exact) mass is 607 g/mol. The van der Waals surface area contributed by atoms with Crippen molar-refractivity contribution in [2.75, 3.05) is 0 Å². The minimum absolute atomic E-state index is 0. The SMILES string of the molecule is C=C1[CH]C=CC=C1.C=C1[CH]C=CC=C1.NC([S-])=N/N=C/c1cc(Cl)cc(Br)c1[O-].[Sn+2]. The molecule has 0 aliphatic heterocycles. The molecule has 2 aliphatic carbocycles. The number of allylic oxidation sites excluding steroid dienone is 10. The van der Waals surface area contributed by atoms with Crippen LogP contribution in [0.3, 0.4) is 0 Å². The van der Waals surface area contributed by atoms with E-state index in [1.54, 1.807) is 0 Å². The standard InChI is InChI=1S/C8H7BrClN3OS.2C7H7.Sn/c9-6-2-5(10)1-4(7(6)14)3-12-13-8(11)15;2*1-7-5-3-2-4-6-7;/h1-3,14H,(H3,11,13,15);2*2-6H,1H2;/q;;;+2/p-2/b12-3+;;;. The first kappa shape index (κ1) is 28.4. The number of hydrogen-bond donors (Lipinski definition) is 1. The molecule has 0 aromatic heterocycles. The second-order valence-electron chi connectivity index (χ2n) is 5.46. The summed E-state index contributed by atoms with van der Waals surface area (Å²) in [6.07, 6.45) is 21.0. The van der Waals surface area contributed by atoms with Crippen LogP contribution in [-0.2, 0) is 12.6 Å². The molecular weight excluding hydrogens is 588 g/mol. The molecule has 0 saturated carbocycles. The van der Waals surface area contributed by atoms with Gasteiger partial charge in [0.05, 0.1) is 6.21 Å². The topological polar surface area (TPSA) is 73.8 Å². The summed E-state index contributed by atoms with van der Waals surface area (Å²) >= 11 is 13.3. The van der Waals surface area contributed by atoms with E-state index in [1.807, 2.05) is 61.4 Å². The van der Waals surface area contributed by atoms with E-state index in [1.165, 1.54) is 18.3 Å². The number of rotatable bonds is 2. The number of halogens is 2. The van der Waals surface area contributed by atoms with Gasteiger partial charge in [-0.2, -0.15) is 10.2 Å². The average molecular weight is 608 g/mol. The van der Waals surface area contributed by atoms with Gasteiger partial charge in [0.15, 0.2) is 0 Å². The molecule has 4 radical (unpaired) electrons. The quantitative estimate of drug-likeness (QED) is 0.174. The Kier molecular flexibility index (Phi) is 15.3. The first-order valence-electron chi connectivity index (χ1n) is 8.23. The van der Waals surface area contributed by atoms with Crippen LogP contribution < -0.4 is 10.8 Å². The summed E-state index contributed by atoms with van der Waals surface area (Å²) in [5.41, 5.74) is 7.55. The van der Waals surface area contributed by atoms with Gasteiger partial charge in [0.1, 0.15) is 0 Å². The van der Waals surface area contributed by atoms with Crippen LogP contribution >= 0.6 is 27.5 Å². The van der Waals surface area contributed by atoms with Crippen molar-refractivity contribution < 1.29 is 5.11 Å². The predicted molar refractivity (Wildman–Crippen MR) is 134 cm³/mol. The summed E-state index contributed by atoms with van der Waals surface area (Å²) in [6, 6.07) is 2.99. The second kappa shape index (κ2) is 16.1. The number of nitrogens with zero attached hydrogens (tertiary/aromatic N) is 2. The Labute approximate surface area is 213 Å². The van der Waals surface area contributed by atoms with Crippen LogP contribution in [0.1, 0.15) is 5.56 Å². The molecule has 0 atom stereocenters. The third-order valence-corrected chi connectivity index (χ3v) is 3.96. The number of hydrogen-bond acceptors (Lipinski definition) is 4. The summed E-state index contributed by atoms with van der Waals surface area (Å²) < 4.78 is 0.367. The van der Waals surface area contributed by atoms with Crippen LogP contribution in [-0.4, -0.2) is 35.3 Å². The molecule has 0 fully saturated rings. The van der Waals surface area contributed by atoms with Crippen molar-refractivity contribution in [1.82, 2.24) is 0 Å². The van der Waals surface area contributed by atoms with E-state index in [0.717, 1.165) is 11.1 Å². The van der Waals surface area contributed by atoms with Crippen LogP contribution in [0.15, 0.2) is 99.7 Å². The maximum absolute atomic E-state index is 11.5. The zero-order valence-corrected chi connectivity index (χ0v) is 22.0. The van der Waals surface area contributed by atoms with Crippen LogP contribution in [0.2, 0.25) is 5.02 Å². The fourth-order valence-electron chi connectivity index (χ4n) is 1.78. The van der Waals surface area contributed by atoms with E-state index in [4.69, 9.17) is 17.3 Å². The summed E-state index contributed by atoms with van der Waals surface area (Å²) in [7, 11) is 0. The van der Waals surface area contributed by atoms with Gasteiger partial charge in [-0.05, 0) is 34.0 Å². The molecule has 4 nitrogen and oxygen atoms in total. The Morgan fingerprint density at radius 3 is 1.93 bits per heavy atom. The van der Waals surface area contributed by atoms with Crippen LogP contribution in [0.5, 0.6) is 5.75 Å². The molecule has 8 heteroatoms. The van der Waals surface area contributed by atoms with Gasteiger partial charge in [0.2, 0.25) is 0 Å². The van der Waals surface area contributed by atoms with Crippen molar-refractivity contribution in [3.63, 3.8) is 0 Å². The van der Waals surface area contributed by atoms with Crippen molar-refractivity contribution >= 4 is 75.4 Å². The van der Waals surface area contributed by atoms with Gasteiger partial charge in [-0.25, -0.2) is 0 Å². The maximum atomic E-state index is 11.5. The maximum Gasteiger partial charge on any atom is 2.00 e. The van der Waals surface area contributed by atoms with E-state index < -0.39 is 0 Å². The minimum Gasteiger partial charge on any atom is -0.871 e. The van der Waals surface area contributed by atoms with E-state index in [-0.39, 0.29) is 34.8 Å². The van der Waals surface area contributed by atoms with Crippen LogP contribution in [0.25, 0.3) is 0 Å². The van der Waals surface area contributed by atoms with Crippen LogP contribution in [0.4, 0.5) is 0 Å². The van der Waals surface area contributed by atoms with E-state index >= 15 is 0 Å². The fraction of sp³-hybridized carbons (Fsp3) is 0. The van der Waals surface area contributed by atoms with Gasteiger partial charge < -0.3 is 23.5 Å². The molecular formula is C22H19BrClN3OSSn. The first-order valence-corrected chi connectivity index (χ1v) is 9.81. The minimum atomic E-state index is -0.221. The Morgan fingerprint density at radius 2 is 1.57 bits per heavy atom. The van der Waals surface area contributed by atoms with Crippen LogP contribution in [0, 0.1) is 12.8 Å². The molecule has 0 unspecified atom stereocenters. The van der Waals surface area contributed by atoms with Crippen molar-refractivity contribution in [3.05, 3.63) is 113 Å². The van der Waals surface area contributed by atoms with Crippen molar-refractivity contribution in [1.29, 1.82) is 0 Å². The van der Waals surface area contributed by atoms with Crippen molar-refractivity contribution in [3.8, 4) is 5.75 Å². The first-order chi connectivity index (χ1) is 13.8. The summed E-state index contributed by atoms with van der Waals surface area (Å²) in [4.78, 5) is 0. The molecule has 0 amide bonds. The molecule has 1 aromatic carbocycles. The van der Waals surface area contributed by atoms with E-state index in [0.29, 0.717) is 15.1 Å². The third-order valence-electron chi connectivity index (χ3n) is 3.08. The number of nitrogens with two attached hydrogens (primary N) is 1. The van der Waals surface area contributed by atoms with E-state index in [2.05, 4.69) is 51.9 Å². The average Bonchev–Trinajstić information content (AvgIpc) is 2.67. The fourth-order valence-corrected chi connectivity index (χ4v) is 2.66. The summed E-state index contributed by atoms with van der Waals surface area (Å²) in [5, 5.41) is 18.8. The molecule has 152 valence electrons. The summed E-state index contributed by atoms with van der Waals surface area (Å²) in [5.74, 6) is -0.221. The molecule has 3 rings (SSSR count). The van der Waals surface area contributed by atoms with Crippen molar-refractivity contribution in [2.24, 2.45) is 15.9 Å². The van der Waals surface area contributed by atoms with Gasteiger partial charge in [0, 0.05) is 22.3 Å². The summed E-state index contributed by atoms with van der Waals surface area (Å²) in [6.45, 7) is 7.44. The Hall–Kier alpha value is -1.61. The smallest absolute Gasteiger partial charge is 0.871 e. The predicted octanol–water partition coefficient (Wildman–Crippen LogP) is 4.74. The second-order valence-corrected chi connectivity index (χ2v) is 7.17. The third kappa shape index (κ3) is 12.8.